The maximum absolute atomic E-state index is 9.86. The van der Waals surface area contributed by atoms with Gasteiger partial charge < -0.3 is 15.6 Å². The first kappa shape index (κ1) is 8.39. The average Bonchev–Trinajstić information content (AvgIpc) is 1.63. The van der Waals surface area contributed by atoms with Gasteiger partial charge in [0.1, 0.15) is 6.23 Å². The minimum absolute atomic E-state index is 0.0154. The molecule has 54 valence electrons. The van der Waals surface area contributed by atoms with Crippen LogP contribution in [0.2, 0.25) is 0 Å². The molecule has 1 unspecified atom stereocenters. The maximum atomic E-state index is 9.86. The van der Waals surface area contributed by atoms with Gasteiger partial charge in [0.05, 0.1) is 13.0 Å². The standard InChI is InChI=1S/C5H11NO3/c1-4(6)9-3-2-5(7)8/h4H,2-3,6H2,1H3,(H,7,8). The Bertz CT molecular complexity index is 92.2. The molecule has 0 aliphatic rings. The van der Waals surface area contributed by atoms with E-state index in [1.807, 2.05) is 0 Å². The number of hydrogen-bond donors (Lipinski definition) is 2. The Labute approximate surface area is 53.6 Å². The molecule has 0 aromatic carbocycles. The first-order valence-corrected chi connectivity index (χ1v) is 2.72. The molecule has 4 nitrogen and oxygen atoms in total. The number of aliphatic carboxylic acids is 1. The van der Waals surface area contributed by atoms with E-state index >= 15 is 0 Å². The van der Waals surface area contributed by atoms with E-state index in [4.69, 9.17) is 15.6 Å². The third kappa shape index (κ3) is 7.39. The van der Waals surface area contributed by atoms with Gasteiger partial charge in [0, 0.05) is 0 Å². The fraction of sp³-hybridized carbons (Fsp3) is 0.800. The summed E-state index contributed by atoms with van der Waals surface area (Å²) in [5.41, 5.74) is 5.16. The minimum atomic E-state index is -0.865. The van der Waals surface area contributed by atoms with Crippen molar-refractivity contribution in [1.29, 1.82) is 0 Å². The maximum Gasteiger partial charge on any atom is 0.305 e. The Morgan fingerprint density at radius 1 is 1.89 bits per heavy atom. The van der Waals surface area contributed by atoms with Crippen molar-refractivity contribution in [2.75, 3.05) is 6.61 Å². The summed E-state index contributed by atoms with van der Waals surface area (Å²) in [6.07, 6.45) is -0.356. The Kier molecular flexibility index (Phi) is 4.00. The molecule has 0 saturated carbocycles. The molecule has 0 aromatic rings. The van der Waals surface area contributed by atoms with Crippen LogP contribution in [0.3, 0.4) is 0 Å². The summed E-state index contributed by atoms with van der Waals surface area (Å²) < 4.78 is 4.75. The van der Waals surface area contributed by atoms with E-state index < -0.39 is 5.97 Å². The van der Waals surface area contributed by atoms with E-state index in [1.54, 1.807) is 6.92 Å². The smallest absolute Gasteiger partial charge is 0.305 e. The Hall–Kier alpha value is -0.610. The minimum Gasteiger partial charge on any atom is -0.481 e. The van der Waals surface area contributed by atoms with Gasteiger partial charge in [-0.3, -0.25) is 4.79 Å². The van der Waals surface area contributed by atoms with Crippen molar-refractivity contribution in [3.63, 3.8) is 0 Å². The molecule has 0 saturated heterocycles. The van der Waals surface area contributed by atoms with Crippen LogP contribution in [0.15, 0.2) is 0 Å². The van der Waals surface area contributed by atoms with Crippen LogP contribution >= 0.6 is 0 Å². The van der Waals surface area contributed by atoms with Crippen molar-refractivity contribution in [2.24, 2.45) is 5.73 Å². The normalized spacial score (nSPS) is 13.1. The van der Waals surface area contributed by atoms with Crippen LogP contribution in [0.4, 0.5) is 0 Å². The zero-order chi connectivity index (χ0) is 7.28. The van der Waals surface area contributed by atoms with Crippen LogP contribution in [-0.4, -0.2) is 23.9 Å². The van der Waals surface area contributed by atoms with Crippen LogP contribution in [-0.2, 0) is 9.53 Å². The first-order valence-electron chi connectivity index (χ1n) is 2.72. The molecule has 1 atom stereocenters. The van der Waals surface area contributed by atoms with Crippen molar-refractivity contribution in [1.82, 2.24) is 0 Å². The van der Waals surface area contributed by atoms with Gasteiger partial charge >= 0.3 is 5.97 Å². The molecule has 0 aliphatic carbocycles. The van der Waals surface area contributed by atoms with Gasteiger partial charge in [-0.05, 0) is 6.92 Å². The van der Waals surface area contributed by atoms with Gasteiger partial charge in [-0.15, -0.1) is 0 Å². The van der Waals surface area contributed by atoms with Gasteiger partial charge in [-0.2, -0.15) is 0 Å². The third-order valence-electron chi connectivity index (χ3n) is 0.697. The molecule has 0 amide bonds. The van der Waals surface area contributed by atoms with Crippen molar-refractivity contribution in [3.8, 4) is 0 Å². The SMILES string of the molecule is CC(N)OCCC(=O)O. The van der Waals surface area contributed by atoms with Crippen LogP contribution < -0.4 is 5.73 Å². The fourth-order valence-corrected chi connectivity index (χ4v) is 0.332. The summed E-state index contributed by atoms with van der Waals surface area (Å²) in [5.74, 6) is -0.865. The van der Waals surface area contributed by atoms with Gasteiger partial charge in [0.2, 0.25) is 0 Å². The van der Waals surface area contributed by atoms with Crippen LogP contribution in [0.25, 0.3) is 0 Å². The highest BCUT2D eigenvalue weighted by Crippen LogP contribution is 1.84. The first-order chi connectivity index (χ1) is 4.13. The van der Waals surface area contributed by atoms with Crippen LogP contribution in [0.5, 0.6) is 0 Å². The van der Waals surface area contributed by atoms with E-state index in [1.165, 1.54) is 0 Å². The third-order valence-corrected chi connectivity index (χ3v) is 0.697. The molecule has 0 heterocycles. The summed E-state index contributed by atoms with van der Waals surface area (Å²) in [4.78, 5) is 9.86. The number of ether oxygens (including phenoxy) is 1. The van der Waals surface area contributed by atoms with Crippen molar-refractivity contribution in [2.45, 2.75) is 19.6 Å². The van der Waals surface area contributed by atoms with Crippen molar-refractivity contribution in [3.05, 3.63) is 0 Å². The summed E-state index contributed by atoms with van der Waals surface area (Å²) in [5, 5.41) is 8.11. The van der Waals surface area contributed by atoms with E-state index in [2.05, 4.69) is 0 Å². The number of rotatable bonds is 4. The Balaban J connectivity index is 3.01. The molecule has 0 spiro atoms. The summed E-state index contributed by atoms with van der Waals surface area (Å²) in [7, 11) is 0. The topological polar surface area (TPSA) is 72.5 Å². The van der Waals surface area contributed by atoms with Crippen molar-refractivity contribution >= 4 is 5.97 Å². The average molecular weight is 133 g/mol. The lowest BCUT2D eigenvalue weighted by Gasteiger charge is -2.03. The quantitative estimate of drug-likeness (QED) is 0.520. The van der Waals surface area contributed by atoms with E-state index in [0.29, 0.717) is 0 Å². The van der Waals surface area contributed by atoms with E-state index in [9.17, 15) is 4.79 Å². The lowest BCUT2D eigenvalue weighted by molar-refractivity contribution is -0.138. The Morgan fingerprint density at radius 3 is 2.78 bits per heavy atom. The number of nitrogens with two attached hydrogens (primary N) is 1. The summed E-state index contributed by atoms with van der Waals surface area (Å²) in [6.45, 7) is 1.84. The van der Waals surface area contributed by atoms with E-state index in [0.717, 1.165) is 0 Å². The second-order valence-corrected chi connectivity index (χ2v) is 1.72. The fourth-order valence-electron chi connectivity index (χ4n) is 0.332. The van der Waals surface area contributed by atoms with Crippen molar-refractivity contribution < 1.29 is 14.6 Å². The van der Waals surface area contributed by atoms with Gasteiger partial charge in [-0.25, -0.2) is 0 Å². The molecule has 0 aliphatic heterocycles. The Morgan fingerprint density at radius 2 is 2.44 bits per heavy atom. The van der Waals surface area contributed by atoms with E-state index in [-0.39, 0.29) is 19.3 Å². The molecule has 3 N–H and O–H groups in total. The molecule has 0 radical (unpaired) electrons. The predicted octanol–water partition coefficient (Wildman–Crippen LogP) is -0.218. The van der Waals surface area contributed by atoms with Crippen LogP contribution in [0, 0.1) is 0 Å². The molecule has 0 fully saturated rings. The highest BCUT2D eigenvalue weighted by atomic mass is 16.5. The lowest BCUT2D eigenvalue weighted by Crippen LogP contribution is -2.20. The predicted molar refractivity (Wildman–Crippen MR) is 31.9 cm³/mol. The molecular formula is C5H11NO3. The summed E-state index contributed by atoms with van der Waals surface area (Å²) >= 11 is 0. The highest BCUT2D eigenvalue weighted by Gasteiger charge is 1.97. The highest BCUT2D eigenvalue weighted by molar-refractivity contribution is 5.66. The molecular weight excluding hydrogens is 122 g/mol. The monoisotopic (exact) mass is 133 g/mol. The van der Waals surface area contributed by atoms with Gasteiger partial charge in [0.25, 0.3) is 0 Å². The zero-order valence-corrected chi connectivity index (χ0v) is 5.33. The second kappa shape index (κ2) is 4.29. The zero-order valence-electron chi connectivity index (χ0n) is 5.33. The lowest BCUT2D eigenvalue weighted by atomic mass is 10.5. The number of carboxylic acid groups (broad SMARTS) is 1. The van der Waals surface area contributed by atoms with Gasteiger partial charge in [0.15, 0.2) is 0 Å². The summed E-state index contributed by atoms with van der Waals surface area (Å²) in [6, 6.07) is 0. The molecule has 4 heteroatoms. The molecule has 0 rings (SSSR count). The molecule has 0 aromatic heterocycles. The number of hydrogen-bond acceptors (Lipinski definition) is 3. The van der Waals surface area contributed by atoms with Gasteiger partial charge in [-0.1, -0.05) is 0 Å². The van der Waals surface area contributed by atoms with Crippen LogP contribution in [0.1, 0.15) is 13.3 Å². The molecule has 0 bridgehead atoms. The number of carboxylic acids is 1. The largest absolute Gasteiger partial charge is 0.481 e. The second-order valence-electron chi connectivity index (χ2n) is 1.72. The number of carbonyl (C=O) groups is 1. The molecule has 9 heavy (non-hydrogen) atoms.